The Morgan fingerprint density at radius 2 is 2.00 bits per heavy atom. The van der Waals surface area contributed by atoms with Crippen LogP contribution in [0.5, 0.6) is 5.88 Å². The van der Waals surface area contributed by atoms with Crippen LogP contribution in [0.1, 0.15) is 44.0 Å². The van der Waals surface area contributed by atoms with E-state index in [1.807, 2.05) is 27.8 Å². The van der Waals surface area contributed by atoms with Gasteiger partial charge >= 0.3 is 0 Å². The summed E-state index contributed by atoms with van der Waals surface area (Å²) < 4.78 is 5.71. The lowest BCUT2D eigenvalue weighted by Crippen LogP contribution is -2.11. The van der Waals surface area contributed by atoms with Gasteiger partial charge in [0.25, 0.3) is 0 Å². The second kappa shape index (κ2) is 4.28. The molecule has 4 nitrogen and oxygen atoms in total. The summed E-state index contributed by atoms with van der Waals surface area (Å²) in [5.74, 6) is 3.07. The Balaban J connectivity index is 2.36. The lowest BCUT2D eigenvalue weighted by molar-refractivity contribution is 0.230. The van der Waals surface area contributed by atoms with Gasteiger partial charge in [0.1, 0.15) is 11.6 Å². The van der Waals surface area contributed by atoms with Crippen LogP contribution in [0.2, 0.25) is 0 Å². The van der Waals surface area contributed by atoms with E-state index in [0.717, 1.165) is 23.1 Å². The van der Waals surface area contributed by atoms with E-state index in [-0.39, 0.29) is 6.10 Å². The van der Waals surface area contributed by atoms with Gasteiger partial charge in [0.05, 0.1) is 11.7 Å². The zero-order valence-corrected chi connectivity index (χ0v) is 10.4. The fourth-order valence-corrected chi connectivity index (χ4v) is 1.62. The van der Waals surface area contributed by atoms with Gasteiger partial charge in [-0.15, -0.1) is 0 Å². The van der Waals surface area contributed by atoms with Crippen molar-refractivity contribution in [2.24, 2.45) is 0 Å². The van der Waals surface area contributed by atoms with Gasteiger partial charge in [0.2, 0.25) is 5.88 Å². The molecule has 0 bridgehead atoms. The number of ether oxygens (including phenoxy) is 1. The molecule has 0 unspecified atom stereocenters. The quantitative estimate of drug-likeness (QED) is 0.848. The topological polar surface area (TPSA) is 47.0 Å². The van der Waals surface area contributed by atoms with Crippen LogP contribution in [0.25, 0.3) is 0 Å². The number of hydrogen-bond acceptors (Lipinski definition) is 4. The molecular weight excluding hydrogens is 202 g/mol. The van der Waals surface area contributed by atoms with Gasteiger partial charge in [-0.05, 0) is 33.6 Å². The van der Waals surface area contributed by atoms with E-state index in [0.29, 0.717) is 5.92 Å². The summed E-state index contributed by atoms with van der Waals surface area (Å²) in [6, 6.07) is 0. The zero-order chi connectivity index (χ0) is 11.7. The summed E-state index contributed by atoms with van der Waals surface area (Å²) in [7, 11) is 1.88. The largest absolute Gasteiger partial charge is 0.475 e. The first-order chi connectivity index (χ1) is 7.61. The van der Waals surface area contributed by atoms with Gasteiger partial charge < -0.3 is 10.1 Å². The molecule has 4 heteroatoms. The normalized spacial score (nSPS) is 15.3. The number of hydrogen-bond donors (Lipinski definition) is 1. The van der Waals surface area contributed by atoms with Crippen LogP contribution >= 0.6 is 0 Å². The third-order valence-electron chi connectivity index (χ3n) is 2.65. The third-order valence-corrected chi connectivity index (χ3v) is 2.65. The van der Waals surface area contributed by atoms with Gasteiger partial charge in [0, 0.05) is 13.0 Å². The minimum Gasteiger partial charge on any atom is -0.475 e. The molecule has 0 atom stereocenters. The van der Waals surface area contributed by atoms with Crippen molar-refractivity contribution in [3.8, 4) is 5.88 Å². The standard InChI is InChI=1S/C12H19N3O/c1-7(2)16-12-8(3)10(13-4)14-11(15-12)9-5-6-9/h7,9H,5-6H2,1-4H3,(H,13,14,15). The first kappa shape index (κ1) is 11.2. The average molecular weight is 221 g/mol. The lowest BCUT2D eigenvalue weighted by Gasteiger charge is -2.14. The molecule has 1 fully saturated rings. The van der Waals surface area contributed by atoms with Crippen LogP contribution in [0.3, 0.4) is 0 Å². The molecule has 1 N–H and O–H groups in total. The highest BCUT2D eigenvalue weighted by atomic mass is 16.5. The highest BCUT2D eigenvalue weighted by molar-refractivity contribution is 5.48. The maximum absolute atomic E-state index is 5.71. The summed E-state index contributed by atoms with van der Waals surface area (Å²) in [6.45, 7) is 6.01. The van der Waals surface area contributed by atoms with Gasteiger partial charge in [-0.1, -0.05) is 0 Å². The average Bonchev–Trinajstić information content (AvgIpc) is 3.04. The molecule has 1 saturated carbocycles. The Labute approximate surface area is 96.4 Å². The second-order valence-corrected chi connectivity index (χ2v) is 4.55. The summed E-state index contributed by atoms with van der Waals surface area (Å²) in [5.41, 5.74) is 0.987. The highest BCUT2D eigenvalue weighted by Gasteiger charge is 2.28. The van der Waals surface area contributed by atoms with Crippen LogP contribution in [-0.4, -0.2) is 23.1 Å². The monoisotopic (exact) mass is 221 g/mol. The number of nitrogens with zero attached hydrogens (tertiary/aromatic N) is 2. The SMILES string of the molecule is CNc1nc(C2CC2)nc(OC(C)C)c1C. The second-order valence-electron chi connectivity index (χ2n) is 4.55. The lowest BCUT2D eigenvalue weighted by atomic mass is 10.3. The van der Waals surface area contributed by atoms with E-state index in [1.54, 1.807) is 0 Å². The van der Waals surface area contributed by atoms with Crippen LogP contribution in [0.15, 0.2) is 0 Å². The van der Waals surface area contributed by atoms with Crippen molar-refractivity contribution >= 4 is 5.82 Å². The first-order valence-electron chi connectivity index (χ1n) is 5.84. The Kier molecular flexibility index (Phi) is 2.99. The predicted molar refractivity (Wildman–Crippen MR) is 64.1 cm³/mol. The van der Waals surface area contributed by atoms with Gasteiger partial charge in [-0.3, -0.25) is 0 Å². The Bertz CT molecular complexity index is 386. The van der Waals surface area contributed by atoms with Crippen LogP contribution in [0.4, 0.5) is 5.82 Å². The Morgan fingerprint density at radius 1 is 1.31 bits per heavy atom. The van der Waals surface area contributed by atoms with E-state index in [1.165, 1.54) is 12.8 Å². The van der Waals surface area contributed by atoms with E-state index in [4.69, 9.17) is 4.74 Å². The number of anilines is 1. The van der Waals surface area contributed by atoms with Crippen molar-refractivity contribution in [3.63, 3.8) is 0 Å². The zero-order valence-electron chi connectivity index (χ0n) is 10.4. The number of aromatic nitrogens is 2. The Hall–Kier alpha value is -1.32. The molecule has 1 aromatic heterocycles. The van der Waals surface area contributed by atoms with Crippen LogP contribution in [-0.2, 0) is 0 Å². The Morgan fingerprint density at radius 3 is 2.50 bits per heavy atom. The molecule has 2 rings (SSSR count). The van der Waals surface area contributed by atoms with E-state index in [9.17, 15) is 0 Å². The molecule has 1 aliphatic rings. The minimum absolute atomic E-state index is 0.144. The van der Waals surface area contributed by atoms with Crippen molar-refractivity contribution in [2.75, 3.05) is 12.4 Å². The molecule has 0 radical (unpaired) electrons. The van der Waals surface area contributed by atoms with Crippen LogP contribution in [0, 0.1) is 6.92 Å². The number of rotatable bonds is 4. The molecule has 0 aromatic carbocycles. The van der Waals surface area contributed by atoms with Gasteiger partial charge in [0.15, 0.2) is 0 Å². The van der Waals surface area contributed by atoms with Crippen LogP contribution < -0.4 is 10.1 Å². The maximum atomic E-state index is 5.71. The fourth-order valence-electron chi connectivity index (χ4n) is 1.62. The summed E-state index contributed by atoms with van der Waals surface area (Å²) in [5, 5.41) is 3.10. The van der Waals surface area contributed by atoms with Crippen molar-refractivity contribution in [3.05, 3.63) is 11.4 Å². The summed E-state index contributed by atoms with van der Waals surface area (Å²) >= 11 is 0. The van der Waals surface area contributed by atoms with E-state index >= 15 is 0 Å². The first-order valence-corrected chi connectivity index (χ1v) is 5.84. The molecule has 1 heterocycles. The van der Waals surface area contributed by atoms with Crippen molar-refractivity contribution < 1.29 is 4.74 Å². The van der Waals surface area contributed by atoms with Crippen molar-refractivity contribution in [1.29, 1.82) is 0 Å². The molecule has 1 aromatic rings. The fraction of sp³-hybridized carbons (Fsp3) is 0.667. The highest BCUT2D eigenvalue weighted by Crippen LogP contribution is 2.39. The molecule has 0 spiro atoms. The molecule has 0 aliphatic heterocycles. The summed E-state index contributed by atoms with van der Waals surface area (Å²) in [6.07, 6.45) is 2.55. The van der Waals surface area contributed by atoms with Crippen molar-refractivity contribution in [2.45, 2.75) is 45.6 Å². The molecular formula is C12H19N3O. The van der Waals surface area contributed by atoms with Crippen molar-refractivity contribution in [1.82, 2.24) is 9.97 Å². The predicted octanol–water partition coefficient (Wildman–Crippen LogP) is 2.49. The molecule has 88 valence electrons. The molecule has 1 aliphatic carbocycles. The molecule has 0 saturated heterocycles. The van der Waals surface area contributed by atoms with E-state index < -0.39 is 0 Å². The smallest absolute Gasteiger partial charge is 0.222 e. The number of nitrogens with one attached hydrogen (secondary N) is 1. The maximum Gasteiger partial charge on any atom is 0.222 e. The third kappa shape index (κ3) is 2.26. The van der Waals surface area contributed by atoms with Gasteiger partial charge in [-0.2, -0.15) is 4.98 Å². The molecule has 16 heavy (non-hydrogen) atoms. The summed E-state index contributed by atoms with van der Waals surface area (Å²) in [4.78, 5) is 9.03. The molecule has 0 amide bonds. The van der Waals surface area contributed by atoms with Gasteiger partial charge in [-0.25, -0.2) is 4.98 Å². The van der Waals surface area contributed by atoms with E-state index in [2.05, 4.69) is 15.3 Å². The minimum atomic E-state index is 0.144.